The van der Waals surface area contributed by atoms with Crippen LogP contribution < -0.4 is 15.8 Å². The van der Waals surface area contributed by atoms with Crippen LogP contribution in [0.2, 0.25) is 0 Å². The average molecular weight is 238 g/mol. The Balaban J connectivity index is 1.87. The molecule has 1 amide bonds. The number of nitrogens with two attached hydrogens (primary N) is 1. The molecule has 5 heteroatoms. The van der Waals surface area contributed by atoms with Gasteiger partial charge in [-0.2, -0.15) is 0 Å². The van der Waals surface area contributed by atoms with Crippen LogP contribution in [0.25, 0.3) is 0 Å². The summed E-state index contributed by atoms with van der Waals surface area (Å²) in [5.41, 5.74) is 6.10. The van der Waals surface area contributed by atoms with Gasteiger partial charge in [0.1, 0.15) is 17.7 Å². The smallest absolute Gasteiger partial charge is 0.217 e. The van der Waals surface area contributed by atoms with Crippen molar-refractivity contribution in [2.75, 3.05) is 5.73 Å². The van der Waals surface area contributed by atoms with E-state index in [1.807, 2.05) is 0 Å². The van der Waals surface area contributed by atoms with Crippen LogP contribution in [0.3, 0.4) is 0 Å². The van der Waals surface area contributed by atoms with E-state index < -0.39 is 0 Å². The highest BCUT2D eigenvalue weighted by molar-refractivity contribution is 5.73. The summed E-state index contributed by atoms with van der Waals surface area (Å²) in [4.78, 5) is 10.8. The number of hydrogen-bond acceptors (Lipinski definition) is 3. The molecule has 1 aliphatic carbocycles. The van der Waals surface area contributed by atoms with Crippen LogP contribution in [0.4, 0.5) is 10.1 Å². The van der Waals surface area contributed by atoms with Crippen LogP contribution in [0.1, 0.15) is 19.8 Å². The molecule has 0 saturated heterocycles. The highest BCUT2D eigenvalue weighted by Crippen LogP contribution is 2.29. The molecule has 4 nitrogen and oxygen atoms in total. The largest absolute Gasteiger partial charge is 0.488 e. The molecule has 92 valence electrons. The van der Waals surface area contributed by atoms with Crippen LogP contribution in [-0.4, -0.2) is 18.1 Å². The summed E-state index contributed by atoms with van der Waals surface area (Å²) < 4.78 is 18.5. The number of anilines is 1. The first-order chi connectivity index (χ1) is 8.04. The molecule has 2 rings (SSSR count). The molecule has 0 aliphatic heterocycles. The van der Waals surface area contributed by atoms with Gasteiger partial charge in [0.25, 0.3) is 0 Å². The number of benzene rings is 1. The van der Waals surface area contributed by atoms with Crippen molar-refractivity contribution < 1.29 is 13.9 Å². The average Bonchev–Trinajstić information content (AvgIpc) is 2.19. The predicted molar refractivity (Wildman–Crippen MR) is 62.1 cm³/mol. The number of rotatable bonds is 3. The maximum absolute atomic E-state index is 13.0. The van der Waals surface area contributed by atoms with Crippen molar-refractivity contribution in [2.45, 2.75) is 31.9 Å². The van der Waals surface area contributed by atoms with Crippen LogP contribution in [0.5, 0.6) is 5.75 Å². The van der Waals surface area contributed by atoms with Crippen molar-refractivity contribution in [3.8, 4) is 5.75 Å². The second-order valence-corrected chi connectivity index (χ2v) is 4.29. The molecule has 0 spiro atoms. The van der Waals surface area contributed by atoms with Gasteiger partial charge in [-0.25, -0.2) is 4.39 Å². The summed E-state index contributed by atoms with van der Waals surface area (Å²) in [5, 5.41) is 2.80. The third-order valence-electron chi connectivity index (χ3n) is 2.77. The molecule has 1 saturated carbocycles. The maximum Gasteiger partial charge on any atom is 0.217 e. The lowest BCUT2D eigenvalue weighted by Gasteiger charge is -2.35. The van der Waals surface area contributed by atoms with Crippen molar-refractivity contribution in [3.63, 3.8) is 0 Å². The first kappa shape index (κ1) is 11.7. The van der Waals surface area contributed by atoms with E-state index in [1.165, 1.54) is 25.1 Å². The van der Waals surface area contributed by atoms with Gasteiger partial charge in [-0.05, 0) is 12.1 Å². The van der Waals surface area contributed by atoms with Gasteiger partial charge in [0.2, 0.25) is 5.91 Å². The fourth-order valence-corrected chi connectivity index (χ4v) is 1.86. The minimum absolute atomic E-state index is 0.00375. The van der Waals surface area contributed by atoms with Gasteiger partial charge in [0.15, 0.2) is 0 Å². The molecule has 1 aromatic rings. The fraction of sp³-hybridized carbons (Fsp3) is 0.417. The predicted octanol–water partition coefficient (Wildman–Crippen LogP) is 1.45. The molecule has 0 unspecified atom stereocenters. The number of halogens is 1. The van der Waals surface area contributed by atoms with E-state index in [4.69, 9.17) is 10.5 Å². The monoisotopic (exact) mass is 238 g/mol. The zero-order valence-electron chi connectivity index (χ0n) is 9.57. The number of carbonyl (C=O) groups is 1. The zero-order valence-corrected chi connectivity index (χ0v) is 9.57. The third kappa shape index (κ3) is 2.87. The third-order valence-corrected chi connectivity index (χ3v) is 2.77. The van der Waals surface area contributed by atoms with Gasteiger partial charge in [-0.1, -0.05) is 0 Å². The Hall–Kier alpha value is -1.78. The van der Waals surface area contributed by atoms with Gasteiger partial charge >= 0.3 is 0 Å². The van der Waals surface area contributed by atoms with E-state index in [0.717, 1.165) is 12.8 Å². The quantitative estimate of drug-likeness (QED) is 0.783. The van der Waals surface area contributed by atoms with Gasteiger partial charge in [-0.3, -0.25) is 4.79 Å². The second-order valence-electron chi connectivity index (χ2n) is 4.29. The molecule has 17 heavy (non-hydrogen) atoms. The Bertz CT molecular complexity index is 431. The second kappa shape index (κ2) is 4.61. The van der Waals surface area contributed by atoms with Gasteiger partial charge in [-0.15, -0.1) is 0 Å². The van der Waals surface area contributed by atoms with Gasteiger partial charge in [0, 0.05) is 31.9 Å². The van der Waals surface area contributed by atoms with Crippen molar-refractivity contribution in [3.05, 3.63) is 24.0 Å². The topological polar surface area (TPSA) is 64.3 Å². The molecule has 0 atom stereocenters. The lowest BCUT2D eigenvalue weighted by molar-refractivity contribution is -0.120. The number of ether oxygens (including phenoxy) is 1. The number of hydrogen-bond donors (Lipinski definition) is 2. The van der Waals surface area contributed by atoms with E-state index in [2.05, 4.69) is 5.32 Å². The Morgan fingerprint density at radius 2 is 2.24 bits per heavy atom. The molecule has 0 radical (unpaired) electrons. The summed E-state index contributed by atoms with van der Waals surface area (Å²) in [6.45, 7) is 1.48. The summed E-state index contributed by atoms with van der Waals surface area (Å²) in [5.74, 6) is -0.0399. The van der Waals surface area contributed by atoms with Gasteiger partial charge in [0.05, 0.1) is 5.69 Å². The van der Waals surface area contributed by atoms with Crippen molar-refractivity contribution in [1.82, 2.24) is 5.32 Å². The van der Waals surface area contributed by atoms with Crippen LogP contribution in [-0.2, 0) is 4.79 Å². The van der Waals surface area contributed by atoms with E-state index in [1.54, 1.807) is 0 Å². The molecule has 3 N–H and O–H groups in total. The van der Waals surface area contributed by atoms with Crippen molar-refractivity contribution in [1.29, 1.82) is 0 Å². The molecule has 1 fully saturated rings. The van der Waals surface area contributed by atoms with Crippen LogP contribution in [0, 0.1) is 5.82 Å². The molecular weight excluding hydrogens is 223 g/mol. The van der Waals surface area contributed by atoms with Crippen LogP contribution >= 0.6 is 0 Å². The Kier molecular flexibility index (Phi) is 3.17. The molecular formula is C12H15FN2O2. The first-order valence-electron chi connectivity index (χ1n) is 5.53. The van der Waals surface area contributed by atoms with E-state index in [-0.39, 0.29) is 23.9 Å². The zero-order chi connectivity index (χ0) is 12.4. The summed E-state index contributed by atoms with van der Waals surface area (Å²) in [7, 11) is 0. The SMILES string of the molecule is CC(=O)N[C@H]1C[C@H](Oc2cc(F)ccc2N)C1. The normalized spacial score (nSPS) is 22.7. The minimum atomic E-state index is -0.369. The molecule has 1 aliphatic rings. The molecule has 0 heterocycles. The summed E-state index contributed by atoms with van der Waals surface area (Å²) >= 11 is 0. The number of nitrogens with one attached hydrogen (secondary N) is 1. The van der Waals surface area contributed by atoms with E-state index in [9.17, 15) is 9.18 Å². The minimum Gasteiger partial charge on any atom is -0.488 e. The number of amides is 1. The maximum atomic E-state index is 13.0. The van der Waals surface area contributed by atoms with E-state index in [0.29, 0.717) is 11.4 Å². The standard InChI is InChI=1S/C12H15FN2O2/c1-7(16)15-9-5-10(6-9)17-12-4-8(13)2-3-11(12)14/h2-4,9-10H,5-6,14H2,1H3,(H,15,16)/t9-,10-. The highest BCUT2D eigenvalue weighted by atomic mass is 19.1. The summed E-state index contributed by atoms with van der Waals surface area (Å²) in [6.07, 6.45) is 1.46. The molecule has 0 bridgehead atoms. The van der Waals surface area contributed by atoms with Gasteiger partial charge < -0.3 is 15.8 Å². The van der Waals surface area contributed by atoms with E-state index >= 15 is 0 Å². The Labute approximate surface area is 98.9 Å². The number of carbonyl (C=O) groups excluding carboxylic acids is 1. The lowest BCUT2D eigenvalue weighted by atomic mass is 9.89. The molecule has 1 aromatic carbocycles. The Morgan fingerprint density at radius 1 is 1.53 bits per heavy atom. The van der Waals surface area contributed by atoms with Crippen LogP contribution in [0.15, 0.2) is 18.2 Å². The number of nitrogen functional groups attached to an aromatic ring is 1. The fourth-order valence-electron chi connectivity index (χ4n) is 1.86. The summed E-state index contributed by atoms with van der Waals surface area (Å²) in [6, 6.07) is 4.21. The molecule has 0 aromatic heterocycles. The Morgan fingerprint density at radius 3 is 2.88 bits per heavy atom. The lowest BCUT2D eigenvalue weighted by Crippen LogP contribution is -2.48. The first-order valence-corrected chi connectivity index (χ1v) is 5.53. The van der Waals surface area contributed by atoms with Crippen molar-refractivity contribution in [2.24, 2.45) is 0 Å². The highest BCUT2D eigenvalue weighted by Gasteiger charge is 2.31. The van der Waals surface area contributed by atoms with Crippen molar-refractivity contribution >= 4 is 11.6 Å².